The first-order valence-electron chi connectivity index (χ1n) is 5.33. The minimum atomic E-state index is 0. The van der Waals surface area contributed by atoms with E-state index in [0.717, 1.165) is 17.8 Å². The van der Waals surface area contributed by atoms with Crippen LogP contribution in [0.5, 0.6) is 0 Å². The molecule has 0 aromatic heterocycles. The maximum absolute atomic E-state index is 2.45. The predicted octanol–water partition coefficient (Wildman–Crippen LogP) is 4.21. The Morgan fingerprint density at radius 3 is 1.83 bits per heavy atom. The van der Waals surface area contributed by atoms with E-state index >= 15 is 0 Å². The zero-order valence-electron chi connectivity index (χ0n) is 9.15. The van der Waals surface area contributed by atoms with Gasteiger partial charge in [0.1, 0.15) is 0 Å². The van der Waals surface area contributed by atoms with Crippen LogP contribution >= 0.6 is 0 Å². The summed E-state index contributed by atoms with van der Waals surface area (Å²) in [6.07, 6.45) is 3.00. The molecule has 2 rings (SSSR count). The highest BCUT2D eigenvalue weighted by atomic mass is 14.7. The summed E-state index contributed by atoms with van der Waals surface area (Å²) in [7, 11) is 0. The minimum Gasteiger partial charge on any atom is -0.0599 e. The molecule has 2 aliphatic rings. The molecular weight excluding hydrogens is 144 g/mol. The predicted molar refractivity (Wildman–Crippen MR) is 57.2 cm³/mol. The molecular formula is C12H26. The van der Waals surface area contributed by atoms with Gasteiger partial charge in [0.05, 0.1) is 0 Å². The molecule has 12 heavy (non-hydrogen) atoms. The van der Waals surface area contributed by atoms with Gasteiger partial charge in [-0.15, -0.1) is 0 Å². The Balaban J connectivity index is 0.000000845. The lowest BCUT2D eigenvalue weighted by atomic mass is 9.76. The summed E-state index contributed by atoms with van der Waals surface area (Å²) in [4.78, 5) is 0. The van der Waals surface area contributed by atoms with Gasteiger partial charge < -0.3 is 0 Å². The molecule has 2 aliphatic carbocycles. The Bertz CT molecular complexity index is 189. The highest BCUT2D eigenvalue weighted by Gasteiger charge is 2.62. The van der Waals surface area contributed by atoms with Crippen molar-refractivity contribution in [1.29, 1.82) is 0 Å². The summed E-state index contributed by atoms with van der Waals surface area (Å²) in [6.45, 7) is 12.1. The van der Waals surface area contributed by atoms with E-state index in [1.165, 1.54) is 12.8 Å². The lowest BCUT2D eigenvalue weighted by Crippen LogP contribution is -2.20. The average Bonchev–Trinajstić information content (AvgIpc) is 2.31. The van der Waals surface area contributed by atoms with E-state index in [9.17, 15) is 0 Å². The van der Waals surface area contributed by atoms with Crippen molar-refractivity contribution in [3.05, 3.63) is 0 Å². The molecule has 0 N–H and O–H groups in total. The van der Waals surface area contributed by atoms with Crippen LogP contribution in [0.2, 0.25) is 0 Å². The Hall–Kier alpha value is 0. The summed E-state index contributed by atoms with van der Waals surface area (Å²) < 4.78 is 0. The van der Waals surface area contributed by atoms with E-state index in [1.54, 1.807) is 0 Å². The van der Waals surface area contributed by atoms with Gasteiger partial charge in [-0.1, -0.05) is 34.6 Å². The second-order valence-corrected chi connectivity index (χ2v) is 6.57. The maximum atomic E-state index is 2.45. The smallest absolute Gasteiger partial charge is 0 e. The van der Waals surface area contributed by atoms with Gasteiger partial charge in [-0.2, -0.15) is 0 Å². The van der Waals surface area contributed by atoms with Crippen molar-refractivity contribution in [2.24, 2.45) is 28.6 Å². The topological polar surface area (TPSA) is 0 Å². The monoisotopic (exact) mass is 170 g/mol. The third-order valence-electron chi connectivity index (χ3n) is 4.59. The fourth-order valence-electron chi connectivity index (χ4n) is 3.21. The van der Waals surface area contributed by atoms with Crippen molar-refractivity contribution >= 4 is 0 Å². The first-order valence-corrected chi connectivity index (χ1v) is 5.33. The zero-order valence-corrected chi connectivity index (χ0v) is 9.15. The number of fused-ring (bicyclic) bond motifs is 1. The van der Waals surface area contributed by atoms with Crippen LogP contribution < -0.4 is 0 Å². The molecule has 0 heterocycles. The van der Waals surface area contributed by atoms with Gasteiger partial charge in [0, 0.05) is 2.85 Å². The van der Waals surface area contributed by atoms with Crippen LogP contribution in [0.25, 0.3) is 0 Å². The Morgan fingerprint density at radius 1 is 1.08 bits per heavy atom. The van der Waals surface area contributed by atoms with Crippen molar-refractivity contribution in [2.75, 3.05) is 0 Å². The second-order valence-electron chi connectivity index (χ2n) is 6.57. The fraction of sp³-hybridized carbons (Fsp3) is 1.00. The number of rotatable bonds is 0. The molecule has 0 aromatic rings. The van der Waals surface area contributed by atoms with Crippen molar-refractivity contribution in [3.63, 3.8) is 0 Å². The van der Waals surface area contributed by atoms with Crippen LogP contribution in [0, 0.1) is 28.6 Å². The SMILES string of the molecule is CC(C)(C)C1CC2C(C1)C2(C)C.[HH].[HH]. The second kappa shape index (κ2) is 2.08. The molecule has 0 nitrogen and oxygen atoms in total. The van der Waals surface area contributed by atoms with Gasteiger partial charge in [-0.25, -0.2) is 0 Å². The largest absolute Gasteiger partial charge is 0.0599 e. The summed E-state index contributed by atoms with van der Waals surface area (Å²) in [5, 5.41) is 0. The Morgan fingerprint density at radius 2 is 1.50 bits per heavy atom. The van der Waals surface area contributed by atoms with E-state index in [0.29, 0.717) is 10.8 Å². The maximum Gasteiger partial charge on any atom is 0 e. The molecule has 0 saturated heterocycles. The molecule has 0 aromatic carbocycles. The highest BCUT2D eigenvalue weighted by Crippen LogP contribution is 2.70. The molecule has 0 spiro atoms. The lowest BCUT2D eigenvalue weighted by Gasteiger charge is -2.30. The molecule has 0 amide bonds. The molecule has 0 aliphatic heterocycles. The van der Waals surface area contributed by atoms with E-state index in [-0.39, 0.29) is 2.85 Å². The summed E-state index contributed by atoms with van der Waals surface area (Å²) in [5.41, 5.74) is 1.27. The van der Waals surface area contributed by atoms with Crippen molar-refractivity contribution < 1.29 is 2.85 Å². The quantitative estimate of drug-likeness (QED) is 0.511. The van der Waals surface area contributed by atoms with Crippen molar-refractivity contribution in [3.8, 4) is 0 Å². The van der Waals surface area contributed by atoms with Gasteiger partial charge in [0.2, 0.25) is 0 Å². The van der Waals surface area contributed by atoms with Crippen LogP contribution in [0.15, 0.2) is 0 Å². The molecule has 0 radical (unpaired) electrons. The van der Waals surface area contributed by atoms with Crippen LogP contribution in [0.1, 0.15) is 50.3 Å². The molecule has 2 fully saturated rings. The van der Waals surface area contributed by atoms with Gasteiger partial charge in [0.15, 0.2) is 0 Å². The van der Waals surface area contributed by atoms with Crippen LogP contribution in [-0.4, -0.2) is 0 Å². The highest BCUT2D eigenvalue weighted by molar-refractivity contribution is 5.11. The minimum absolute atomic E-state index is 0. The molecule has 0 bridgehead atoms. The molecule has 2 saturated carbocycles. The zero-order chi connectivity index (χ0) is 9.15. The van der Waals surface area contributed by atoms with Crippen LogP contribution in [-0.2, 0) is 0 Å². The normalized spacial score (nSPS) is 44.2. The Labute approximate surface area is 79.7 Å². The van der Waals surface area contributed by atoms with Crippen molar-refractivity contribution in [2.45, 2.75) is 47.5 Å². The van der Waals surface area contributed by atoms with Gasteiger partial charge in [-0.05, 0) is 41.4 Å². The van der Waals surface area contributed by atoms with Crippen LogP contribution in [0.3, 0.4) is 0 Å². The molecule has 2 unspecified atom stereocenters. The van der Waals surface area contributed by atoms with Gasteiger partial charge >= 0.3 is 0 Å². The molecule has 2 atom stereocenters. The molecule has 0 heteroatoms. The third-order valence-corrected chi connectivity index (χ3v) is 4.59. The summed E-state index contributed by atoms with van der Waals surface area (Å²) in [5.74, 6) is 3.14. The third kappa shape index (κ3) is 1.03. The van der Waals surface area contributed by atoms with E-state index < -0.39 is 0 Å². The first-order chi connectivity index (χ1) is 5.33. The number of hydrogen-bond donors (Lipinski definition) is 0. The van der Waals surface area contributed by atoms with Crippen molar-refractivity contribution in [1.82, 2.24) is 0 Å². The van der Waals surface area contributed by atoms with Gasteiger partial charge in [-0.3, -0.25) is 0 Å². The standard InChI is InChI=1S/C12H22.2H2/c1-11(2,3)8-6-9-10(7-8)12(9,4)5;;/h8-10H,6-7H2,1-5H3;2*1H. The number of hydrogen-bond acceptors (Lipinski definition) is 0. The van der Waals surface area contributed by atoms with Gasteiger partial charge in [0.25, 0.3) is 0 Å². The summed E-state index contributed by atoms with van der Waals surface area (Å²) in [6, 6.07) is 0. The molecule has 74 valence electrons. The van der Waals surface area contributed by atoms with E-state index in [1.807, 2.05) is 0 Å². The van der Waals surface area contributed by atoms with Crippen LogP contribution in [0.4, 0.5) is 0 Å². The average molecular weight is 170 g/mol. The first kappa shape index (κ1) is 8.59. The fourth-order valence-corrected chi connectivity index (χ4v) is 3.21. The Kier molecular flexibility index (Phi) is 1.49. The summed E-state index contributed by atoms with van der Waals surface area (Å²) >= 11 is 0. The van der Waals surface area contributed by atoms with E-state index in [2.05, 4.69) is 34.6 Å². The van der Waals surface area contributed by atoms with E-state index in [4.69, 9.17) is 0 Å². The lowest BCUT2D eigenvalue weighted by molar-refractivity contribution is 0.203.